The molecule has 0 amide bonds. The minimum absolute atomic E-state index is 0.206. The normalized spacial score (nSPS) is 11.2. The van der Waals surface area contributed by atoms with E-state index in [4.69, 9.17) is 11.6 Å². The van der Waals surface area contributed by atoms with Crippen LogP contribution in [0.3, 0.4) is 0 Å². The maximum absolute atomic E-state index is 10.0. The zero-order valence-corrected chi connectivity index (χ0v) is 15.0. The Kier molecular flexibility index (Phi) is 4.78. The number of rotatable bonds is 4. The summed E-state index contributed by atoms with van der Waals surface area (Å²) in [5, 5.41) is 19.3. The van der Waals surface area contributed by atoms with Gasteiger partial charge in [0.25, 0.3) is 0 Å². The van der Waals surface area contributed by atoms with Gasteiger partial charge < -0.3 is 5.11 Å². The minimum Gasteiger partial charge on any atom is -0.508 e. The maximum atomic E-state index is 10.0. The highest BCUT2D eigenvalue weighted by Gasteiger charge is 2.15. The largest absolute Gasteiger partial charge is 0.508 e. The van der Waals surface area contributed by atoms with E-state index in [-0.39, 0.29) is 11.7 Å². The molecule has 0 atom stereocenters. The summed E-state index contributed by atoms with van der Waals surface area (Å²) in [4.78, 5) is 4.09. The van der Waals surface area contributed by atoms with Crippen LogP contribution in [-0.2, 0) is 6.54 Å². The highest BCUT2D eigenvalue weighted by atomic mass is 35.5. The van der Waals surface area contributed by atoms with Crippen molar-refractivity contribution in [3.63, 3.8) is 0 Å². The fraction of sp³-hybridized carbons (Fsp3) is 0.235. The van der Waals surface area contributed by atoms with E-state index in [9.17, 15) is 5.11 Å². The van der Waals surface area contributed by atoms with Crippen molar-refractivity contribution >= 4 is 24.2 Å². The van der Waals surface area contributed by atoms with Crippen molar-refractivity contribution in [1.29, 1.82) is 0 Å². The van der Waals surface area contributed by atoms with E-state index in [1.54, 1.807) is 18.3 Å². The summed E-state index contributed by atoms with van der Waals surface area (Å²) in [6, 6.07) is 9.11. The maximum Gasteiger partial charge on any atom is 0.188 e. The van der Waals surface area contributed by atoms with Crippen molar-refractivity contribution in [3.8, 4) is 17.1 Å². The van der Waals surface area contributed by atoms with Gasteiger partial charge in [0.05, 0.1) is 6.54 Å². The standard InChI is InChI=1S/C17H17ClN4OS/c1-10(2)13-7-12(4-5-14(13)23)16-20-21-17(24)22(16)9-11-3-6-15(18)19-8-11/h3-8,10,23H,9H2,1-2H3,(H,21,24). The second-order valence-electron chi connectivity index (χ2n) is 5.83. The SMILES string of the molecule is CC(C)c1cc(-c2nnc(S)n2Cc2ccc(Cl)nc2)ccc1O. The Balaban J connectivity index is 2.01. The van der Waals surface area contributed by atoms with Crippen LogP contribution < -0.4 is 0 Å². The summed E-state index contributed by atoms with van der Waals surface area (Å²) in [7, 11) is 0. The number of benzene rings is 1. The van der Waals surface area contributed by atoms with E-state index in [2.05, 4.69) is 27.8 Å². The minimum atomic E-state index is 0.206. The summed E-state index contributed by atoms with van der Waals surface area (Å²) in [6.07, 6.45) is 1.72. The van der Waals surface area contributed by atoms with Crippen LogP contribution in [-0.4, -0.2) is 24.9 Å². The first-order valence-electron chi connectivity index (χ1n) is 7.51. The van der Waals surface area contributed by atoms with Gasteiger partial charge in [-0.2, -0.15) is 0 Å². The second kappa shape index (κ2) is 6.83. The predicted molar refractivity (Wildman–Crippen MR) is 96.8 cm³/mol. The van der Waals surface area contributed by atoms with Crippen LogP contribution in [0.2, 0.25) is 5.15 Å². The molecule has 0 saturated carbocycles. The lowest BCUT2D eigenvalue weighted by atomic mass is 9.99. The topological polar surface area (TPSA) is 63.8 Å². The lowest BCUT2D eigenvalue weighted by molar-refractivity contribution is 0.465. The number of aromatic nitrogens is 4. The predicted octanol–water partition coefficient (Wildman–Crippen LogP) is 4.16. The van der Waals surface area contributed by atoms with Crippen LogP contribution in [0.15, 0.2) is 41.7 Å². The van der Waals surface area contributed by atoms with Crippen LogP contribution in [0.5, 0.6) is 5.75 Å². The first-order chi connectivity index (χ1) is 11.5. The number of phenols is 1. The van der Waals surface area contributed by atoms with Crippen LogP contribution in [0.25, 0.3) is 11.4 Å². The lowest BCUT2D eigenvalue weighted by Crippen LogP contribution is -2.04. The Hall–Kier alpha value is -2.05. The number of phenolic OH excluding ortho intramolecular Hbond substituents is 1. The van der Waals surface area contributed by atoms with Crippen molar-refractivity contribution in [3.05, 3.63) is 52.8 Å². The Morgan fingerprint density at radius 3 is 2.67 bits per heavy atom. The third-order valence-corrected chi connectivity index (χ3v) is 4.32. The monoisotopic (exact) mass is 360 g/mol. The number of hydrogen-bond donors (Lipinski definition) is 2. The van der Waals surface area contributed by atoms with Crippen molar-refractivity contribution in [2.45, 2.75) is 31.5 Å². The van der Waals surface area contributed by atoms with Gasteiger partial charge in [-0.15, -0.1) is 22.8 Å². The Morgan fingerprint density at radius 2 is 2.00 bits per heavy atom. The number of aromatic hydroxyl groups is 1. The fourth-order valence-electron chi connectivity index (χ4n) is 2.49. The first kappa shape index (κ1) is 16.8. The molecule has 0 bridgehead atoms. The quantitative estimate of drug-likeness (QED) is 0.541. The molecule has 0 unspecified atom stereocenters. The van der Waals surface area contributed by atoms with Crippen LogP contribution in [0.1, 0.15) is 30.9 Å². The fourth-order valence-corrected chi connectivity index (χ4v) is 2.81. The molecule has 1 N–H and O–H groups in total. The van der Waals surface area contributed by atoms with Gasteiger partial charge in [0.2, 0.25) is 0 Å². The average Bonchev–Trinajstić information content (AvgIpc) is 2.91. The second-order valence-corrected chi connectivity index (χ2v) is 6.61. The van der Waals surface area contributed by atoms with Gasteiger partial charge in [-0.05, 0) is 41.3 Å². The van der Waals surface area contributed by atoms with Crippen LogP contribution >= 0.6 is 24.2 Å². The smallest absolute Gasteiger partial charge is 0.188 e. The summed E-state index contributed by atoms with van der Waals surface area (Å²) in [5.74, 6) is 1.18. The molecule has 124 valence electrons. The molecule has 0 saturated heterocycles. The van der Waals surface area contributed by atoms with Gasteiger partial charge in [0.15, 0.2) is 11.0 Å². The molecule has 0 radical (unpaired) electrons. The van der Waals surface area contributed by atoms with E-state index >= 15 is 0 Å². The van der Waals surface area contributed by atoms with E-state index < -0.39 is 0 Å². The van der Waals surface area contributed by atoms with Gasteiger partial charge in [0.1, 0.15) is 10.9 Å². The molecule has 0 aliphatic heterocycles. The molecule has 1 aromatic carbocycles. The zero-order valence-electron chi connectivity index (χ0n) is 13.3. The molecule has 0 aliphatic carbocycles. The number of hydrogen-bond acceptors (Lipinski definition) is 5. The third-order valence-electron chi connectivity index (χ3n) is 3.77. The van der Waals surface area contributed by atoms with E-state index in [0.29, 0.717) is 22.7 Å². The highest BCUT2D eigenvalue weighted by molar-refractivity contribution is 7.80. The zero-order chi connectivity index (χ0) is 17.3. The molecule has 2 heterocycles. The number of pyridine rings is 1. The molecule has 3 aromatic rings. The van der Waals surface area contributed by atoms with Gasteiger partial charge in [-0.1, -0.05) is 31.5 Å². The van der Waals surface area contributed by atoms with E-state index in [1.165, 1.54) is 0 Å². The van der Waals surface area contributed by atoms with Gasteiger partial charge in [-0.3, -0.25) is 4.57 Å². The van der Waals surface area contributed by atoms with Crippen LogP contribution in [0, 0.1) is 0 Å². The van der Waals surface area contributed by atoms with Gasteiger partial charge >= 0.3 is 0 Å². The van der Waals surface area contributed by atoms with Gasteiger partial charge in [0, 0.05) is 11.8 Å². The van der Waals surface area contributed by atoms with Gasteiger partial charge in [-0.25, -0.2) is 4.98 Å². The molecule has 24 heavy (non-hydrogen) atoms. The molecular weight excluding hydrogens is 344 g/mol. The summed E-state index contributed by atoms with van der Waals surface area (Å²) < 4.78 is 1.89. The Bertz CT molecular complexity index is 862. The summed E-state index contributed by atoms with van der Waals surface area (Å²) in [5.41, 5.74) is 2.72. The highest BCUT2D eigenvalue weighted by Crippen LogP contribution is 2.31. The Morgan fingerprint density at radius 1 is 1.21 bits per heavy atom. The molecular formula is C17H17ClN4OS. The number of nitrogens with zero attached hydrogens (tertiary/aromatic N) is 4. The molecule has 0 fully saturated rings. The Labute approximate surface area is 150 Å². The van der Waals surface area contributed by atoms with E-state index in [1.807, 2.05) is 36.6 Å². The van der Waals surface area contributed by atoms with Crippen molar-refractivity contribution < 1.29 is 5.11 Å². The lowest BCUT2D eigenvalue weighted by Gasteiger charge is -2.12. The molecule has 2 aromatic heterocycles. The molecule has 5 nitrogen and oxygen atoms in total. The summed E-state index contributed by atoms with van der Waals surface area (Å²) >= 11 is 10.2. The van der Waals surface area contributed by atoms with Crippen molar-refractivity contribution in [2.75, 3.05) is 0 Å². The number of thiol groups is 1. The molecule has 0 spiro atoms. The summed E-state index contributed by atoms with van der Waals surface area (Å²) in [6.45, 7) is 4.60. The molecule has 0 aliphatic rings. The third kappa shape index (κ3) is 3.39. The molecule has 3 rings (SSSR count). The molecule has 7 heteroatoms. The van der Waals surface area contributed by atoms with Crippen molar-refractivity contribution in [2.24, 2.45) is 0 Å². The van der Waals surface area contributed by atoms with Crippen LogP contribution in [0.4, 0.5) is 0 Å². The van der Waals surface area contributed by atoms with Crippen molar-refractivity contribution in [1.82, 2.24) is 19.7 Å². The van der Waals surface area contributed by atoms with E-state index in [0.717, 1.165) is 16.7 Å². The number of halogens is 1. The average molecular weight is 361 g/mol. The first-order valence-corrected chi connectivity index (χ1v) is 8.34.